The number of likely N-dealkylation sites (tertiary alicyclic amines) is 1. The first-order valence-electron chi connectivity index (χ1n) is 4.20. The van der Waals surface area contributed by atoms with Crippen molar-refractivity contribution in [2.24, 2.45) is 0 Å². The number of rotatable bonds is 3. The van der Waals surface area contributed by atoms with Gasteiger partial charge >= 0.3 is 0 Å². The molecule has 0 aromatic heterocycles. The molecule has 0 N–H and O–H groups in total. The van der Waals surface area contributed by atoms with Gasteiger partial charge in [0, 0.05) is 13.0 Å². The molecule has 1 fully saturated rings. The molecule has 62 valence electrons. The second-order valence-electron chi connectivity index (χ2n) is 2.94. The van der Waals surface area contributed by atoms with Crippen LogP contribution < -0.4 is 0 Å². The van der Waals surface area contributed by atoms with E-state index in [4.69, 9.17) is 0 Å². The zero-order chi connectivity index (χ0) is 8.27. The number of nitrogens with zero attached hydrogens (tertiary/aromatic N) is 1. The Morgan fingerprint density at radius 2 is 2.55 bits per heavy atom. The molecule has 0 bridgehead atoms. The van der Waals surface area contributed by atoms with Crippen LogP contribution in [-0.2, 0) is 4.79 Å². The minimum absolute atomic E-state index is 0.137. The van der Waals surface area contributed by atoms with Crippen LogP contribution in [0.15, 0.2) is 12.8 Å². The third kappa shape index (κ3) is 1.62. The maximum absolute atomic E-state index is 11.2. The molecule has 1 aliphatic heterocycles. The molecule has 0 aliphatic carbocycles. The standard InChI is InChI=1S/C9H15NO/c1-3-5-8-9(11)6-7-10(8)4-2/h4,8H,2-3,5-7H2,1H3. The van der Waals surface area contributed by atoms with E-state index in [9.17, 15) is 4.79 Å². The van der Waals surface area contributed by atoms with Crippen LogP contribution in [0.2, 0.25) is 0 Å². The predicted molar refractivity (Wildman–Crippen MR) is 45.2 cm³/mol. The lowest BCUT2D eigenvalue weighted by molar-refractivity contribution is -0.119. The first-order valence-corrected chi connectivity index (χ1v) is 4.20. The van der Waals surface area contributed by atoms with E-state index in [0.29, 0.717) is 12.2 Å². The van der Waals surface area contributed by atoms with Crippen molar-refractivity contribution >= 4 is 5.78 Å². The number of hydrogen-bond donors (Lipinski definition) is 0. The largest absolute Gasteiger partial charge is 0.368 e. The van der Waals surface area contributed by atoms with Crippen molar-refractivity contribution in [2.45, 2.75) is 32.2 Å². The summed E-state index contributed by atoms with van der Waals surface area (Å²) in [6, 6.07) is 0.137. The van der Waals surface area contributed by atoms with Crippen molar-refractivity contribution in [1.29, 1.82) is 0 Å². The van der Waals surface area contributed by atoms with Crippen LogP contribution in [0.3, 0.4) is 0 Å². The summed E-state index contributed by atoms with van der Waals surface area (Å²) in [5, 5.41) is 0. The molecule has 1 saturated heterocycles. The number of ketones is 1. The summed E-state index contributed by atoms with van der Waals surface area (Å²) < 4.78 is 0. The first-order chi connectivity index (χ1) is 5.29. The molecule has 11 heavy (non-hydrogen) atoms. The summed E-state index contributed by atoms with van der Waals surface area (Å²) in [7, 11) is 0. The van der Waals surface area contributed by atoms with E-state index in [0.717, 1.165) is 19.4 Å². The van der Waals surface area contributed by atoms with Crippen LogP contribution in [0, 0.1) is 0 Å². The van der Waals surface area contributed by atoms with Crippen LogP contribution in [0.25, 0.3) is 0 Å². The fourth-order valence-electron chi connectivity index (χ4n) is 1.57. The monoisotopic (exact) mass is 153 g/mol. The first kappa shape index (κ1) is 8.31. The molecule has 2 nitrogen and oxygen atoms in total. The Balaban J connectivity index is 2.55. The zero-order valence-corrected chi connectivity index (χ0v) is 7.05. The molecule has 1 rings (SSSR count). The summed E-state index contributed by atoms with van der Waals surface area (Å²) in [5.74, 6) is 0.381. The van der Waals surface area contributed by atoms with Gasteiger partial charge < -0.3 is 4.90 Å². The SMILES string of the molecule is C=CN1CCC(=O)C1CCC. The smallest absolute Gasteiger partial charge is 0.156 e. The summed E-state index contributed by atoms with van der Waals surface area (Å²) in [5.41, 5.74) is 0. The van der Waals surface area contributed by atoms with Gasteiger partial charge in [-0.25, -0.2) is 0 Å². The highest BCUT2D eigenvalue weighted by atomic mass is 16.1. The molecule has 0 aromatic carbocycles. The van der Waals surface area contributed by atoms with Crippen molar-refractivity contribution in [3.05, 3.63) is 12.8 Å². The van der Waals surface area contributed by atoms with Crippen LogP contribution in [-0.4, -0.2) is 23.3 Å². The Morgan fingerprint density at radius 3 is 3.09 bits per heavy atom. The van der Waals surface area contributed by atoms with Gasteiger partial charge in [0.1, 0.15) is 0 Å². The molecule has 0 saturated carbocycles. The molecule has 1 unspecified atom stereocenters. The summed E-state index contributed by atoms with van der Waals surface area (Å²) in [6.45, 7) is 6.66. The van der Waals surface area contributed by atoms with Crippen molar-refractivity contribution in [1.82, 2.24) is 4.90 Å². The van der Waals surface area contributed by atoms with E-state index in [2.05, 4.69) is 13.5 Å². The fourth-order valence-corrected chi connectivity index (χ4v) is 1.57. The minimum Gasteiger partial charge on any atom is -0.368 e. The molecular weight excluding hydrogens is 138 g/mol. The van der Waals surface area contributed by atoms with Crippen molar-refractivity contribution < 1.29 is 4.79 Å². The normalized spacial score (nSPS) is 24.3. The van der Waals surface area contributed by atoms with E-state index in [1.807, 2.05) is 4.90 Å². The van der Waals surface area contributed by atoms with Gasteiger partial charge in [-0.1, -0.05) is 19.9 Å². The van der Waals surface area contributed by atoms with Crippen molar-refractivity contribution in [3.63, 3.8) is 0 Å². The lowest BCUT2D eigenvalue weighted by atomic mass is 10.1. The van der Waals surface area contributed by atoms with Gasteiger partial charge in [0.2, 0.25) is 0 Å². The predicted octanol–water partition coefficient (Wildman–Crippen LogP) is 1.57. The van der Waals surface area contributed by atoms with Gasteiger partial charge in [-0.15, -0.1) is 0 Å². The molecule has 1 atom stereocenters. The maximum atomic E-state index is 11.2. The Bertz CT molecular complexity index is 165. The van der Waals surface area contributed by atoms with Gasteiger partial charge in [-0.3, -0.25) is 4.79 Å². The number of Topliss-reactive ketones (excluding diaryl/α,β-unsaturated/α-hetero) is 1. The van der Waals surface area contributed by atoms with Crippen molar-refractivity contribution in [2.75, 3.05) is 6.54 Å². The van der Waals surface area contributed by atoms with E-state index in [-0.39, 0.29) is 6.04 Å². The molecule has 1 aliphatic rings. The van der Waals surface area contributed by atoms with Gasteiger partial charge in [-0.2, -0.15) is 0 Å². The molecule has 1 heterocycles. The summed E-state index contributed by atoms with van der Waals surface area (Å²) in [6.07, 6.45) is 4.54. The molecule has 2 heteroatoms. The summed E-state index contributed by atoms with van der Waals surface area (Å²) >= 11 is 0. The van der Waals surface area contributed by atoms with Crippen molar-refractivity contribution in [3.8, 4) is 0 Å². The third-order valence-electron chi connectivity index (χ3n) is 2.19. The number of carbonyl (C=O) groups excluding carboxylic acids is 1. The zero-order valence-electron chi connectivity index (χ0n) is 7.05. The highest BCUT2D eigenvalue weighted by Crippen LogP contribution is 2.17. The highest BCUT2D eigenvalue weighted by Gasteiger charge is 2.28. The van der Waals surface area contributed by atoms with Gasteiger partial charge in [0.05, 0.1) is 6.04 Å². The topological polar surface area (TPSA) is 20.3 Å². The molecule has 0 spiro atoms. The minimum atomic E-state index is 0.137. The van der Waals surface area contributed by atoms with Gasteiger partial charge in [0.25, 0.3) is 0 Å². The van der Waals surface area contributed by atoms with Gasteiger partial charge in [0.15, 0.2) is 5.78 Å². The average molecular weight is 153 g/mol. The van der Waals surface area contributed by atoms with Crippen LogP contribution in [0.1, 0.15) is 26.2 Å². The Labute approximate surface area is 67.9 Å². The Morgan fingerprint density at radius 1 is 1.82 bits per heavy atom. The lowest BCUT2D eigenvalue weighted by Crippen LogP contribution is -2.27. The number of hydrogen-bond acceptors (Lipinski definition) is 2. The second kappa shape index (κ2) is 3.56. The van der Waals surface area contributed by atoms with Crippen LogP contribution >= 0.6 is 0 Å². The Kier molecular flexibility index (Phi) is 2.69. The van der Waals surface area contributed by atoms with E-state index < -0.39 is 0 Å². The molecule has 0 aromatic rings. The average Bonchev–Trinajstić information content (AvgIpc) is 2.34. The maximum Gasteiger partial charge on any atom is 0.156 e. The van der Waals surface area contributed by atoms with Crippen LogP contribution in [0.5, 0.6) is 0 Å². The quantitative estimate of drug-likeness (QED) is 0.613. The molecular formula is C9H15NO. The van der Waals surface area contributed by atoms with Gasteiger partial charge in [-0.05, 0) is 12.6 Å². The highest BCUT2D eigenvalue weighted by molar-refractivity contribution is 5.86. The Hall–Kier alpha value is -0.790. The second-order valence-corrected chi connectivity index (χ2v) is 2.94. The molecule has 0 radical (unpaired) electrons. The molecule has 0 amide bonds. The summed E-state index contributed by atoms with van der Waals surface area (Å²) in [4.78, 5) is 13.3. The number of carbonyl (C=O) groups is 1. The fraction of sp³-hybridized carbons (Fsp3) is 0.667. The van der Waals surface area contributed by atoms with E-state index in [1.165, 1.54) is 0 Å². The lowest BCUT2D eigenvalue weighted by Gasteiger charge is -2.19. The van der Waals surface area contributed by atoms with E-state index >= 15 is 0 Å². The van der Waals surface area contributed by atoms with E-state index in [1.54, 1.807) is 6.20 Å². The van der Waals surface area contributed by atoms with Crippen LogP contribution in [0.4, 0.5) is 0 Å². The third-order valence-corrected chi connectivity index (χ3v) is 2.19.